The van der Waals surface area contributed by atoms with Gasteiger partial charge in [0, 0.05) is 0 Å². The quantitative estimate of drug-likeness (QED) is 0.412. The Balaban J connectivity index is 1.62. The molecule has 0 unspecified atom stereocenters. The lowest BCUT2D eigenvalue weighted by Gasteiger charge is -2.14. The van der Waals surface area contributed by atoms with Crippen LogP contribution in [-0.4, -0.2) is 20.9 Å². The zero-order valence-electron chi connectivity index (χ0n) is 16.5. The molecule has 0 aliphatic carbocycles. The van der Waals surface area contributed by atoms with Crippen molar-refractivity contribution >= 4 is 50.5 Å². The number of ether oxygens (including phenoxy) is 1. The van der Waals surface area contributed by atoms with E-state index in [1.54, 1.807) is 0 Å². The van der Waals surface area contributed by atoms with Crippen molar-refractivity contribution in [2.24, 2.45) is 0 Å². The molecule has 6 nitrogen and oxygen atoms in total. The van der Waals surface area contributed by atoms with Crippen LogP contribution in [-0.2, 0) is 21.0 Å². The number of amides is 1. The van der Waals surface area contributed by atoms with Gasteiger partial charge in [-0.25, -0.2) is 8.42 Å². The first-order chi connectivity index (χ1) is 15.5. The van der Waals surface area contributed by atoms with E-state index in [0.29, 0.717) is 0 Å². The highest BCUT2D eigenvalue weighted by Crippen LogP contribution is 2.34. The number of hydrogen-bond acceptors (Lipinski definition) is 4. The van der Waals surface area contributed by atoms with Crippen LogP contribution in [0.1, 0.15) is 5.56 Å². The van der Waals surface area contributed by atoms with Crippen LogP contribution in [0.5, 0.6) is 5.75 Å². The van der Waals surface area contributed by atoms with Crippen LogP contribution < -0.4 is 14.8 Å². The molecule has 0 bridgehead atoms. The van der Waals surface area contributed by atoms with Crippen molar-refractivity contribution < 1.29 is 31.1 Å². The molecule has 0 aliphatic rings. The van der Waals surface area contributed by atoms with Crippen molar-refractivity contribution in [1.82, 2.24) is 0 Å². The summed E-state index contributed by atoms with van der Waals surface area (Å²) in [5.74, 6) is -0.674. The summed E-state index contributed by atoms with van der Waals surface area (Å²) >= 11 is 11.7. The zero-order valence-corrected chi connectivity index (χ0v) is 18.8. The van der Waals surface area contributed by atoms with Crippen molar-refractivity contribution in [3.8, 4) is 5.75 Å². The number of hydrogen-bond donors (Lipinski definition) is 2. The van der Waals surface area contributed by atoms with Crippen molar-refractivity contribution in [3.63, 3.8) is 0 Å². The van der Waals surface area contributed by atoms with E-state index in [0.717, 1.165) is 12.1 Å². The Morgan fingerprint density at radius 3 is 2.24 bits per heavy atom. The molecule has 0 spiro atoms. The number of para-hydroxylation sites is 1. The molecule has 0 saturated heterocycles. The van der Waals surface area contributed by atoms with E-state index in [9.17, 15) is 26.4 Å². The van der Waals surface area contributed by atoms with E-state index in [4.69, 9.17) is 27.9 Å². The molecule has 1 amide bonds. The summed E-state index contributed by atoms with van der Waals surface area (Å²) in [7, 11) is -3.94. The first kappa shape index (κ1) is 24.7. The van der Waals surface area contributed by atoms with E-state index < -0.39 is 40.0 Å². The first-order valence-corrected chi connectivity index (χ1v) is 11.4. The molecule has 0 aromatic heterocycles. The van der Waals surface area contributed by atoms with Gasteiger partial charge in [-0.15, -0.1) is 0 Å². The van der Waals surface area contributed by atoms with Crippen LogP contribution in [0, 0.1) is 0 Å². The second-order valence-electron chi connectivity index (χ2n) is 6.59. The van der Waals surface area contributed by atoms with E-state index in [1.807, 2.05) is 0 Å². The second kappa shape index (κ2) is 9.90. The van der Waals surface area contributed by atoms with Gasteiger partial charge in [-0.05, 0) is 54.6 Å². The maximum absolute atomic E-state index is 13.0. The number of anilines is 2. The Morgan fingerprint density at radius 1 is 0.939 bits per heavy atom. The topological polar surface area (TPSA) is 84.5 Å². The number of halogens is 5. The molecule has 0 aliphatic heterocycles. The van der Waals surface area contributed by atoms with Crippen LogP contribution >= 0.6 is 23.2 Å². The fraction of sp³-hybridized carbons (Fsp3) is 0.0952. The lowest BCUT2D eigenvalue weighted by atomic mass is 10.1. The third-order valence-corrected chi connectivity index (χ3v) is 6.32. The van der Waals surface area contributed by atoms with Crippen molar-refractivity contribution in [2.45, 2.75) is 11.1 Å². The zero-order chi connectivity index (χ0) is 24.2. The fourth-order valence-corrected chi connectivity index (χ4v) is 4.01. The van der Waals surface area contributed by atoms with Crippen molar-refractivity contribution in [3.05, 3.63) is 82.3 Å². The molecule has 3 aromatic carbocycles. The van der Waals surface area contributed by atoms with E-state index in [1.165, 1.54) is 54.6 Å². The molecular weight excluding hydrogens is 504 g/mol. The van der Waals surface area contributed by atoms with Gasteiger partial charge in [0.05, 0.1) is 31.9 Å². The lowest BCUT2D eigenvalue weighted by Crippen LogP contribution is -2.22. The molecule has 33 heavy (non-hydrogen) atoms. The monoisotopic (exact) mass is 518 g/mol. The van der Waals surface area contributed by atoms with Crippen LogP contribution in [0.15, 0.2) is 71.6 Å². The summed E-state index contributed by atoms with van der Waals surface area (Å²) in [6.45, 7) is -0.584. The van der Waals surface area contributed by atoms with E-state index in [-0.39, 0.29) is 26.4 Å². The minimum absolute atomic E-state index is 0.0931. The van der Waals surface area contributed by atoms with Crippen LogP contribution in [0.3, 0.4) is 0 Å². The Kier molecular flexibility index (Phi) is 7.41. The van der Waals surface area contributed by atoms with Crippen LogP contribution in [0.2, 0.25) is 10.0 Å². The number of rotatable bonds is 7. The Labute approximate surface area is 197 Å². The highest BCUT2D eigenvalue weighted by atomic mass is 35.5. The van der Waals surface area contributed by atoms with Gasteiger partial charge in [-0.3, -0.25) is 9.52 Å². The van der Waals surface area contributed by atoms with Gasteiger partial charge >= 0.3 is 6.18 Å². The van der Waals surface area contributed by atoms with Gasteiger partial charge in [-0.2, -0.15) is 13.2 Å². The molecule has 0 saturated carbocycles. The van der Waals surface area contributed by atoms with Gasteiger partial charge in [-0.1, -0.05) is 35.3 Å². The Hall–Kier alpha value is -2.95. The number of carbonyl (C=O) groups is 1. The van der Waals surface area contributed by atoms with Gasteiger partial charge in [0.2, 0.25) is 0 Å². The summed E-state index contributed by atoms with van der Waals surface area (Å²) < 4.78 is 71.6. The number of sulfonamides is 1. The minimum Gasteiger partial charge on any atom is -0.484 e. The standard InChI is InChI=1S/C21H15Cl2F3N2O4S/c22-17-10-5-13(11-18(17)23)28-33(30,31)15-8-6-14(7-9-15)32-12-20(29)27-19-4-2-1-3-16(19)21(24,25)26/h1-11,28H,12H2,(H,27,29). The highest BCUT2D eigenvalue weighted by molar-refractivity contribution is 7.92. The summed E-state index contributed by atoms with van der Waals surface area (Å²) in [6.07, 6.45) is -4.63. The second-order valence-corrected chi connectivity index (χ2v) is 9.08. The molecule has 174 valence electrons. The fourth-order valence-electron chi connectivity index (χ4n) is 2.66. The predicted octanol–water partition coefficient (Wildman–Crippen LogP) is 5.83. The number of alkyl halides is 3. The summed E-state index contributed by atoms with van der Waals surface area (Å²) in [5.41, 5.74) is -1.17. The Bertz CT molecular complexity index is 1270. The van der Waals surface area contributed by atoms with Gasteiger partial charge < -0.3 is 10.1 Å². The van der Waals surface area contributed by atoms with Crippen LogP contribution in [0.4, 0.5) is 24.5 Å². The minimum atomic E-state index is -4.63. The van der Waals surface area contributed by atoms with Crippen LogP contribution in [0.25, 0.3) is 0 Å². The average molecular weight is 519 g/mol. The number of carbonyl (C=O) groups excluding carboxylic acids is 1. The lowest BCUT2D eigenvalue weighted by molar-refractivity contribution is -0.137. The summed E-state index contributed by atoms with van der Waals surface area (Å²) in [5, 5.41) is 2.60. The largest absolute Gasteiger partial charge is 0.484 e. The van der Waals surface area contributed by atoms with Gasteiger partial charge in [0.15, 0.2) is 6.61 Å². The van der Waals surface area contributed by atoms with Gasteiger partial charge in [0.25, 0.3) is 15.9 Å². The predicted molar refractivity (Wildman–Crippen MR) is 119 cm³/mol. The molecule has 0 radical (unpaired) electrons. The van der Waals surface area contributed by atoms with E-state index >= 15 is 0 Å². The van der Waals surface area contributed by atoms with E-state index in [2.05, 4.69) is 10.0 Å². The maximum atomic E-state index is 13.0. The first-order valence-electron chi connectivity index (χ1n) is 9.12. The molecule has 2 N–H and O–H groups in total. The molecular formula is C21H15Cl2F3N2O4S. The van der Waals surface area contributed by atoms with Crippen molar-refractivity contribution in [2.75, 3.05) is 16.6 Å². The van der Waals surface area contributed by atoms with Crippen molar-refractivity contribution in [1.29, 1.82) is 0 Å². The van der Waals surface area contributed by atoms with Gasteiger partial charge in [0.1, 0.15) is 5.75 Å². The number of nitrogens with one attached hydrogen (secondary N) is 2. The third-order valence-electron chi connectivity index (χ3n) is 4.18. The molecule has 3 rings (SSSR count). The smallest absolute Gasteiger partial charge is 0.418 e. The molecule has 0 fully saturated rings. The third kappa shape index (κ3) is 6.53. The molecule has 0 heterocycles. The highest BCUT2D eigenvalue weighted by Gasteiger charge is 2.33. The maximum Gasteiger partial charge on any atom is 0.418 e. The summed E-state index contributed by atoms with van der Waals surface area (Å²) in [4.78, 5) is 11.9. The normalized spacial score (nSPS) is 11.7. The average Bonchev–Trinajstić information content (AvgIpc) is 2.74. The molecule has 0 atom stereocenters. The summed E-state index contributed by atoms with van der Waals surface area (Å²) in [6, 6.07) is 13.9. The molecule has 3 aromatic rings. The SMILES string of the molecule is O=C(COc1ccc(S(=O)(=O)Nc2ccc(Cl)c(Cl)c2)cc1)Nc1ccccc1C(F)(F)F. The molecule has 12 heteroatoms. The Morgan fingerprint density at radius 2 is 1.61 bits per heavy atom. The number of benzene rings is 3.